The molecule has 4 aromatic rings. The molecule has 22 heavy (non-hydrogen) atoms. The lowest BCUT2D eigenvalue weighted by Crippen LogP contribution is -1.90. The Kier molecular flexibility index (Phi) is 3.25. The average Bonchev–Trinajstić information content (AvgIpc) is 2.58. The first-order valence-corrected chi connectivity index (χ1v) is 7.73. The molecular weight excluding hydrogens is 313 g/mol. The van der Waals surface area contributed by atoms with E-state index in [1.807, 2.05) is 36.4 Å². The van der Waals surface area contributed by atoms with Crippen LogP contribution >= 0.6 is 23.2 Å². The number of hydrogen-bond donors (Lipinski definition) is 0. The SMILES string of the molecule is Clc1ccc2nc(-c3ccccc3)c3ccccc3c2c1Cl. The lowest BCUT2D eigenvalue weighted by Gasteiger charge is -2.11. The van der Waals surface area contributed by atoms with E-state index in [9.17, 15) is 0 Å². The minimum absolute atomic E-state index is 0.550. The van der Waals surface area contributed by atoms with E-state index < -0.39 is 0 Å². The molecule has 0 atom stereocenters. The number of benzene rings is 3. The predicted octanol–water partition coefficient (Wildman–Crippen LogP) is 6.36. The maximum absolute atomic E-state index is 6.43. The van der Waals surface area contributed by atoms with Gasteiger partial charge in [0.05, 0.1) is 21.3 Å². The number of halogens is 2. The molecule has 0 radical (unpaired) electrons. The van der Waals surface area contributed by atoms with Gasteiger partial charge in [0.25, 0.3) is 0 Å². The van der Waals surface area contributed by atoms with Gasteiger partial charge < -0.3 is 0 Å². The Bertz CT molecular complexity index is 994. The van der Waals surface area contributed by atoms with Crippen LogP contribution in [0.1, 0.15) is 0 Å². The smallest absolute Gasteiger partial charge is 0.0788 e. The first-order chi connectivity index (χ1) is 10.8. The highest BCUT2D eigenvalue weighted by Gasteiger charge is 2.13. The molecule has 0 bridgehead atoms. The lowest BCUT2D eigenvalue weighted by molar-refractivity contribution is 1.43. The summed E-state index contributed by atoms with van der Waals surface area (Å²) in [7, 11) is 0. The molecule has 0 aliphatic rings. The molecule has 0 aliphatic heterocycles. The van der Waals surface area contributed by atoms with Gasteiger partial charge in [0.2, 0.25) is 0 Å². The highest BCUT2D eigenvalue weighted by Crippen LogP contribution is 2.38. The molecule has 1 aromatic heterocycles. The summed E-state index contributed by atoms with van der Waals surface area (Å²) in [6.45, 7) is 0. The van der Waals surface area contributed by atoms with Crippen LogP contribution in [0.2, 0.25) is 10.0 Å². The maximum Gasteiger partial charge on any atom is 0.0788 e. The summed E-state index contributed by atoms with van der Waals surface area (Å²) in [6, 6.07) is 22.0. The van der Waals surface area contributed by atoms with Crippen molar-refractivity contribution in [3.8, 4) is 11.3 Å². The van der Waals surface area contributed by atoms with Gasteiger partial charge in [-0.3, -0.25) is 0 Å². The predicted molar refractivity (Wildman–Crippen MR) is 94.7 cm³/mol. The van der Waals surface area contributed by atoms with Crippen LogP contribution in [0.5, 0.6) is 0 Å². The van der Waals surface area contributed by atoms with E-state index in [4.69, 9.17) is 28.2 Å². The van der Waals surface area contributed by atoms with Gasteiger partial charge in [-0.2, -0.15) is 0 Å². The number of pyridine rings is 1. The van der Waals surface area contributed by atoms with Crippen molar-refractivity contribution in [1.29, 1.82) is 0 Å². The van der Waals surface area contributed by atoms with Crippen molar-refractivity contribution in [1.82, 2.24) is 4.98 Å². The molecule has 0 N–H and O–H groups in total. The fraction of sp³-hybridized carbons (Fsp3) is 0. The van der Waals surface area contributed by atoms with Gasteiger partial charge in [-0.05, 0) is 17.5 Å². The summed E-state index contributed by atoms with van der Waals surface area (Å²) >= 11 is 12.6. The summed E-state index contributed by atoms with van der Waals surface area (Å²) in [4.78, 5) is 4.83. The van der Waals surface area contributed by atoms with Crippen molar-refractivity contribution < 1.29 is 0 Å². The van der Waals surface area contributed by atoms with Crippen molar-refractivity contribution in [2.75, 3.05) is 0 Å². The zero-order valence-electron chi connectivity index (χ0n) is 11.6. The normalized spacial score (nSPS) is 11.2. The zero-order valence-corrected chi connectivity index (χ0v) is 13.1. The molecule has 0 fully saturated rings. The second kappa shape index (κ2) is 5.28. The summed E-state index contributed by atoms with van der Waals surface area (Å²) < 4.78 is 0. The molecule has 3 aromatic carbocycles. The van der Waals surface area contributed by atoms with E-state index in [2.05, 4.69) is 24.3 Å². The van der Waals surface area contributed by atoms with Gasteiger partial charge in [-0.15, -0.1) is 0 Å². The van der Waals surface area contributed by atoms with Crippen LogP contribution in [0.3, 0.4) is 0 Å². The Morgan fingerprint density at radius 3 is 2.14 bits per heavy atom. The first-order valence-electron chi connectivity index (χ1n) is 6.97. The van der Waals surface area contributed by atoms with E-state index >= 15 is 0 Å². The highest BCUT2D eigenvalue weighted by atomic mass is 35.5. The quantitative estimate of drug-likeness (QED) is 0.371. The summed E-state index contributed by atoms with van der Waals surface area (Å²) in [5, 5.41) is 4.16. The molecule has 106 valence electrons. The molecule has 0 aliphatic carbocycles. The van der Waals surface area contributed by atoms with Crippen molar-refractivity contribution >= 4 is 44.9 Å². The number of rotatable bonds is 1. The van der Waals surface area contributed by atoms with Crippen molar-refractivity contribution in [3.05, 3.63) is 76.8 Å². The third-order valence-corrected chi connectivity index (χ3v) is 4.61. The number of nitrogens with zero attached hydrogens (tertiary/aromatic N) is 1. The Morgan fingerprint density at radius 1 is 0.682 bits per heavy atom. The molecule has 1 nitrogen and oxygen atoms in total. The molecule has 3 heteroatoms. The molecular formula is C19H11Cl2N. The van der Waals surface area contributed by atoms with Crippen LogP contribution in [-0.4, -0.2) is 4.98 Å². The standard InChI is InChI=1S/C19H11Cl2N/c20-15-10-11-16-17(18(15)21)13-8-4-5-9-14(13)19(22-16)12-6-2-1-3-7-12/h1-11H. The minimum atomic E-state index is 0.550. The Morgan fingerprint density at radius 2 is 1.36 bits per heavy atom. The van der Waals surface area contributed by atoms with Crippen LogP contribution in [0.15, 0.2) is 66.7 Å². The number of fused-ring (bicyclic) bond motifs is 3. The molecule has 4 rings (SSSR count). The zero-order chi connectivity index (χ0) is 15.1. The second-order valence-corrected chi connectivity index (χ2v) is 5.91. The Labute approximate surface area is 138 Å². The van der Waals surface area contributed by atoms with Crippen LogP contribution in [-0.2, 0) is 0 Å². The summed E-state index contributed by atoms with van der Waals surface area (Å²) in [5.41, 5.74) is 2.90. The molecule has 0 spiro atoms. The molecule has 0 unspecified atom stereocenters. The van der Waals surface area contributed by atoms with Crippen LogP contribution in [0, 0.1) is 0 Å². The molecule has 1 heterocycles. The second-order valence-electron chi connectivity index (χ2n) is 5.13. The lowest BCUT2D eigenvalue weighted by atomic mass is 10.00. The number of aromatic nitrogens is 1. The average molecular weight is 324 g/mol. The van der Waals surface area contributed by atoms with Gasteiger partial charge in [-0.25, -0.2) is 4.98 Å². The third kappa shape index (κ3) is 2.06. The van der Waals surface area contributed by atoms with Crippen molar-refractivity contribution in [2.45, 2.75) is 0 Å². The van der Waals surface area contributed by atoms with E-state index in [-0.39, 0.29) is 0 Å². The van der Waals surface area contributed by atoms with E-state index in [0.29, 0.717) is 10.0 Å². The summed E-state index contributed by atoms with van der Waals surface area (Å²) in [6.07, 6.45) is 0. The third-order valence-electron chi connectivity index (χ3n) is 3.80. The summed E-state index contributed by atoms with van der Waals surface area (Å²) in [5.74, 6) is 0. The van der Waals surface area contributed by atoms with Gasteiger partial charge in [0.15, 0.2) is 0 Å². The fourth-order valence-corrected chi connectivity index (χ4v) is 3.21. The minimum Gasteiger partial charge on any atom is -0.247 e. The van der Waals surface area contributed by atoms with E-state index in [1.54, 1.807) is 6.07 Å². The molecule has 0 saturated carbocycles. The molecule has 0 amide bonds. The Balaban J connectivity index is 2.21. The van der Waals surface area contributed by atoms with Gasteiger partial charge in [0.1, 0.15) is 0 Å². The van der Waals surface area contributed by atoms with Gasteiger partial charge >= 0.3 is 0 Å². The van der Waals surface area contributed by atoms with Gasteiger partial charge in [0, 0.05) is 16.3 Å². The first kappa shape index (κ1) is 13.6. The maximum atomic E-state index is 6.43. The van der Waals surface area contributed by atoms with Gasteiger partial charge in [-0.1, -0.05) is 77.8 Å². The highest BCUT2D eigenvalue weighted by molar-refractivity contribution is 6.46. The van der Waals surface area contributed by atoms with Crippen LogP contribution in [0.25, 0.3) is 32.9 Å². The fourth-order valence-electron chi connectivity index (χ4n) is 2.79. The van der Waals surface area contributed by atoms with Crippen LogP contribution < -0.4 is 0 Å². The Hall–Kier alpha value is -2.09. The van der Waals surface area contributed by atoms with Crippen molar-refractivity contribution in [2.24, 2.45) is 0 Å². The van der Waals surface area contributed by atoms with Crippen LogP contribution in [0.4, 0.5) is 0 Å². The van der Waals surface area contributed by atoms with E-state index in [1.165, 1.54) is 0 Å². The van der Waals surface area contributed by atoms with E-state index in [0.717, 1.165) is 32.9 Å². The largest absolute Gasteiger partial charge is 0.247 e. The van der Waals surface area contributed by atoms with Crippen molar-refractivity contribution in [3.63, 3.8) is 0 Å². The number of hydrogen-bond acceptors (Lipinski definition) is 1. The topological polar surface area (TPSA) is 12.9 Å². The monoisotopic (exact) mass is 323 g/mol. The molecule has 0 saturated heterocycles.